The average Bonchev–Trinajstić information content (AvgIpc) is 3.37. The molecule has 4 aromatic carbocycles. The van der Waals surface area contributed by atoms with Crippen LogP contribution < -0.4 is 10.1 Å². The van der Waals surface area contributed by atoms with Crippen LogP contribution in [0.1, 0.15) is 41.3 Å². The van der Waals surface area contributed by atoms with Gasteiger partial charge in [0.2, 0.25) is 0 Å². The van der Waals surface area contributed by atoms with Gasteiger partial charge in [-0.2, -0.15) is 5.10 Å². The highest BCUT2D eigenvalue weighted by molar-refractivity contribution is 6.08. The van der Waals surface area contributed by atoms with Crippen LogP contribution in [0.5, 0.6) is 11.5 Å². The highest BCUT2D eigenvalue weighted by Gasteiger charge is 2.19. The second-order valence-electron chi connectivity index (χ2n) is 9.34. The number of ether oxygens (including phenoxy) is 1. The Labute approximate surface area is 217 Å². The quantitative estimate of drug-likeness (QED) is 0.253. The highest BCUT2D eigenvalue weighted by Crippen LogP contribution is 2.27. The molecule has 37 heavy (non-hydrogen) atoms. The van der Waals surface area contributed by atoms with Gasteiger partial charge in [-0.25, -0.2) is 4.68 Å². The first-order chi connectivity index (χ1) is 18.0. The Hall–Kier alpha value is -4.64. The van der Waals surface area contributed by atoms with E-state index in [0.717, 1.165) is 22.6 Å². The number of nitrogens with zero attached hydrogens (tertiary/aromatic N) is 2. The Bertz CT molecular complexity index is 1490. The predicted molar refractivity (Wildman–Crippen MR) is 149 cm³/mol. The van der Waals surface area contributed by atoms with Crippen molar-refractivity contribution in [1.29, 1.82) is 0 Å². The van der Waals surface area contributed by atoms with Gasteiger partial charge in [-0.1, -0.05) is 74.0 Å². The highest BCUT2D eigenvalue weighted by atomic mass is 16.5. The fourth-order valence-electron chi connectivity index (χ4n) is 4.04. The zero-order chi connectivity index (χ0) is 25.8. The van der Waals surface area contributed by atoms with Gasteiger partial charge in [0.05, 0.1) is 11.3 Å². The number of para-hydroxylation sites is 1. The van der Waals surface area contributed by atoms with Crippen LogP contribution in [0, 0.1) is 6.92 Å². The van der Waals surface area contributed by atoms with E-state index in [2.05, 4.69) is 31.3 Å². The molecule has 0 aliphatic rings. The van der Waals surface area contributed by atoms with E-state index in [9.17, 15) is 4.79 Å². The van der Waals surface area contributed by atoms with E-state index < -0.39 is 0 Å². The Kier molecular flexibility index (Phi) is 6.86. The summed E-state index contributed by atoms with van der Waals surface area (Å²) in [5.74, 6) is 1.73. The first kappa shape index (κ1) is 24.1. The number of amides is 1. The van der Waals surface area contributed by atoms with Crippen LogP contribution in [0.2, 0.25) is 0 Å². The summed E-state index contributed by atoms with van der Waals surface area (Å²) in [6, 6.07) is 33.3. The van der Waals surface area contributed by atoms with Crippen LogP contribution in [-0.4, -0.2) is 15.7 Å². The Balaban J connectivity index is 1.36. The summed E-state index contributed by atoms with van der Waals surface area (Å²) in [5, 5.41) is 7.76. The molecule has 0 unspecified atom stereocenters. The van der Waals surface area contributed by atoms with Gasteiger partial charge in [-0.05, 0) is 66.9 Å². The number of aromatic nitrogens is 2. The first-order valence-electron chi connectivity index (χ1n) is 12.4. The van der Waals surface area contributed by atoms with Crippen molar-refractivity contribution in [2.24, 2.45) is 0 Å². The number of aryl methyl sites for hydroxylation is 1. The third-order valence-electron chi connectivity index (χ3n) is 6.20. The van der Waals surface area contributed by atoms with Gasteiger partial charge in [0.15, 0.2) is 0 Å². The zero-order valence-corrected chi connectivity index (χ0v) is 21.2. The molecule has 5 rings (SSSR count). The molecule has 0 spiro atoms. The first-order valence-corrected chi connectivity index (χ1v) is 12.4. The molecule has 1 aromatic heterocycles. The minimum absolute atomic E-state index is 0.226. The molecule has 1 N–H and O–H groups in total. The molecule has 0 bridgehead atoms. The second-order valence-corrected chi connectivity index (χ2v) is 9.34. The summed E-state index contributed by atoms with van der Waals surface area (Å²) in [4.78, 5) is 13.4. The molecular formula is C32H29N3O2. The van der Waals surface area contributed by atoms with Crippen molar-refractivity contribution in [3.8, 4) is 28.4 Å². The van der Waals surface area contributed by atoms with Crippen LogP contribution in [0.25, 0.3) is 16.9 Å². The van der Waals surface area contributed by atoms with Crippen LogP contribution in [-0.2, 0) is 0 Å². The Morgan fingerprint density at radius 2 is 1.43 bits per heavy atom. The number of hydrogen-bond acceptors (Lipinski definition) is 3. The lowest BCUT2D eigenvalue weighted by Gasteiger charge is -2.10. The molecular weight excluding hydrogens is 458 g/mol. The van der Waals surface area contributed by atoms with E-state index in [1.54, 1.807) is 10.9 Å². The molecule has 0 fully saturated rings. The van der Waals surface area contributed by atoms with Gasteiger partial charge in [0.25, 0.3) is 5.91 Å². The summed E-state index contributed by atoms with van der Waals surface area (Å²) < 4.78 is 7.71. The molecule has 0 radical (unpaired) electrons. The van der Waals surface area contributed by atoms with E-state index in [1.165, 1.54) is 5.56 Å². The maximum atomic E-state index is 13.4. The number of carbonyl (C=O) groups is 1. The monoisotopic (exact) mass is 487 g/mol. The van der Waals surface area contributed by atoms with E-state index in [-0.39, 0.29) is 5.91 Å². The average molecular weight is 488 g/mol. The predicted octanol–water partition coefficient (Wildman–Crippen LogP) is 8.02. The van der Waals surface area contributed by atoms with Crippen molar-refractivity contribution in [2.75, 3.05) is 5.32 Å². The maximum absolute atomic E-state index is 13.4. The van der Waals surface area contributed by atoms with Crippen molar-refractivity contribution >= 4 is 11.6 Å². The van der Waals surface area contributed by atoms with E-state index >= 15 is 0 Å². The summed E-state index contributed by atoms with van der Waals surface area (Å²) in [6.07, 6.45) is 1.78. The van der Waals surface area contributed by atoms with Crippen molar-refractivity contribution in [1.82, 2.24) is 9.78 Å². The SMILES string of the molecule is Cc1ccc(-c2nn(-c3ccccc3)cc2C(=O)Nc2ccc(Oc3ccc(C(C)C)cc3)cc2)cc1. The molecule has 5 nitrogen and oxygen atoms in total. The third kappa shape index (κ3) is 5.62. The van der Waals surface area contributed by atoms with Crippen LogP contribution in [0.3, 0.4) is 0 Å². The lowest BCUT2D eigenvalue weighted by Crippen LogP contribution is -2.12. The number of anilines is 1. The minimum atomic E-state index is -0.226. The molecule has 5 aromatic rings. The van der Waals surface area contributed by atoms with E-state index in [4.69, 9.17) is 9.84 Å². The van der Waals surface area contributed by atoms with Crippen molar-refractivity contribution in [3.05, 3.63) is 126 Å². The largest absolute Gasteiger partial charge is 0.457 e. The normalized spacial score (nSPS) is 10.9. The molecule has 5 heteroatoms. The second kappa shape index (κ2) is 10.5. The number of nitrogens with one attached hydrogen (secondary N) is 1. The van der Waals surface area contributed by atoms with Gasteiger partial charge in [0, 0.05) is 17.4 Å². The topological polar surface area (TPSA) is 56.2 Å². The van der Waals surface area contributed by atoms with Gasteiger partial charge >= 0.3 is 0 Å². The lowest BCUT2D eigenvalue weighted by molar-refractivity contribution is 0.102. The lowest BCUT2D eigenvalue weighted by atomic mass is 10.0. The smallest absolute Gasteiger partial charge is 0.259 e. The molecule has 0 aliphatic carbocycles. The van der Waals surface area contributed by atoms with Gasteiger partial charge in [-0.15, -0.1) is 0 Å². The minimum Gasteiger partial charge on any atom is -0.457 e. The number of benzene rings is 4. The molecule has 1 amide bonds. The van der Waals surface area contributed by atoms with Crippen molar-refractivity contribution < 1.29 is 9.53 Å². The summed E-state index contributed by atoms with van der Waals surface area (Å²) in [5.41, 5.74) is 6.00. The van der Waals surface area contributed by atoms with Crippen molar-refractivity contribution in [3.63, 3.8) is 0 Å². The Morgan fingerprint density at radius 3 is 2.05 bits per heavy atom. The standard InChI is InChI=1S/C32H29N3O2/c1-22(2)24-13-17-28(18-14-24)37-29-19-15-26(16-20-29)33-32(36)30-21-35(27-7-5-4-6-8-27)34-31(30)25-11-9-23(3)10-12-25/h4-22H,1-3H3,(H,33,36). The number of hydrogen-bond donors (Lipinski definition) is 1. The fraction of sp³-hybridized carbons (Fsp3) is 0.125. The fourth-order valence-corrected chi connectivity index (χ4v) is 4.04. The van der Waals surface area contributed by atoms with Gasteiger partial charge in [0.1, 0.15) is 17.2 Å². The van der Waals surface area contributed by atoms with Crippen LogP contribution >= 0.6 is 0 Å². The van der Waals surface area contributed by atoms with Crippen LogP contribution in [0.4, 0.5) is 5.69 Å². The maximum Gasteiger partial charge on any atom is 0.259 e. The van der Waals surface area contributed by atoms with Crippen LogP contribution in [0.15, 0.2) is 109 Å². The third-order valence-corrected chi connectivity index (χ3v) is 6.20. The summed E-state index contributed by atoms with van der Waals surface area (Å²) in [7, 11) is 0. The van der Waals surface area contributed by atoms with Gasteiger partial charge < -0.3 is 10.1 Å². The molecule has 0 saturated heterocycles. The van der Waals surface area contributed by atoms with Gasteiger partial charge in [-0.3, -0.25) is 4.79 Å². The molecule has 0 saturated carbocycles. The van der Waals surface area contributed by atoms with Crippen molar-refractivity contribution in [2.45, 2.75) is 26.7 Å². The molecule has 184 valence electrons. The Morgan fingerprint density at radius 1 is 0.811 bits per heavy atom. The number of rotatable bonds is 7. The summed E-state index contributed by atoms with van der Waals surface area (Å²) in [6.45, 7) is 6.37. The molecule has 0 atom stereocenters. The summed E-state index contributed by atoms with van der Waals surface area (Å²) >= 11 is 0. The molecule has 1 heterocycles. The van der Waals surface area contributed by atoms with E-state index in [0.29, 0.717) is 28.6 Å². The number of carbonyl (C=O) groups excluding carboxylic acids is 1. The van der Waals surface area contributed by atoms with E-state index in [1.807, 2.05) is 97.9 Å². The molecule has 0 aliphatic heterocycles. The zero-order valence-electron chi connectivity index (χ0n) is 21.2.